The van der Waals surface area contributed by atoms with Crippen LogP contribution in [0.25, 0.3) is 0 Å². The molecule has 6 rings (SSSR count). The van der Waals surface area contributed by atoms with Crippen molar-refractivity contribution in [2.24, 2.45) is 11.8 Å². The molecule has 2 heterocycles. The Balaban J connectivity index is 1.34. The molecule has 2 aromatic rings. The fourth-order valence-corrected chi connectivity index (χ4v) is 7.88. The van der Waals surface area contributed by atoms with Crippen LogP contribution in [0.15, 0.2) is 71.6 Å². The molecule has 34 heavy (non-hydrogen) atoms. The Kier molecular flexibility index (Phi) is 4.85. The van der Waals surface area contributed by atoms with Crippen molar-refractivity contribution in [1.82, 2.24) is 9.96 Å². The van der Waals surface area contributed by atoms with Crippen LogP contribution in [0.2, 0.25) is 0 Å². The third kappa shape index (κ3) is 2.85. The number of nitrogens with zero attached hydrogens (tertiary/aromatic N) is 2. The SMILES string of the molecule is CN1O[C@H]2C(=O)N(CCS(=O)(=O)c3ccccc3)C(=O)[C@H]2C12[C@@H]1CC=C[C@H]2c2ccccc2C1. The topological polar surface area (TPSA) is 84.0 Å². The Morgan fingerprint density at radius 1 is 1.03 bits per heavy atom. The third-order valence-electron chi connectivity index (χ3n) is 8.10. The third-order valence-corrected chi connectivity index (χ3v) is 9.81. The molecule has 0 radical (unpaired) electrons. The fourth-order valence-electron chi connectivity index (χ4n) is 6.65. The molecule has 4 aliphatic rings. The highest BCUT2D eigenvalue weighted by molar-refractivity contribution is 7.91. The first-order valence-electron chi connectivity index (χ1n) is 11.6. The molecule has 5 atom stereocenters. The monoisotopic (exact) mass is 478 g/mol. The number of carbonyl (C=O) groups is 2. The van der Waals surface area contributed by atoms with Crippen molar-refractivity contribution in [2.75, 3.05) is 19.3 Å². The summed E-state index contributed by atoms with van der Waals surface area (Å²) >= 11 is 0. The summed E-state index contributed by atoms with van der Waals surface area (Å²) in [6.45, 7) is -0.174. The molecule has 1 spiro atoms. The van der Waals surface area contributed by atoms with Crippen LogP contribution in [0, 0.1) is 11.8 Å². The molecule has 2 aliphatic carbocycles. The highest BCUT2D eigenvalue weighted by Gasteiger charge is 2.71. The van der Waals surface area contributed by atoms with Gasteiger partial charge in [0.25, 0.3) is 5.91 Å². The number of likely N-dealkylation sites (tertiary alicyclic amines) is 1. The first kappa shape index (κ1) is 21.7. The van der Waals surface area contributed by atoms with Gasteiger partial charge in [0.05, 0.1) is 22.1 Å². The summed E-state index contributed by atoms with van der Waals surface area (Å²) in [6.07, 6.45) is 5.00. The van der Waals surface area contributed by atoms with E-state index in [0.29, 0.717) is 0 Å². The fraction of sp³-hybridized carbons (Fsp3) is 0.385. The van der Waals surface area contributed by atoms with Gasteiger partial charge in [-0.15, -0.1) is 0 Å². The largest absolute Gasteiger partial charge is 0.284 e. The van der Waals surface area contributed by atoms with Gasteiger partial charge in [-0.2, -0.15) is 5.06 Å². The van der Waals surface area contributed by atoms with E-state index in [4.69, 9.17) is 4.84 Å². The minimum atomic E-state index is -3.63. The molecule has 0 N–H and O–H groups in total. The van der Waals surface area contributed by atoms with Crippen molar-refractivity contribution in [3.63, 3.8) is 0 Å². The van der Waals surface area contributed by atoms with Crippen LogP contribution >= 0.6 is 0 Å². The number of imide groups is 1. The Labute approximate surface area is 198 Å². The number of fused-ring (bicyclic) bond motifs is 3. The second kappa shape index (κ2) is 7.60. The van der Waals surface area contributed by atoms with E-state index < -0.39 is 33.3 Å². The summed E-state index contributed by atoms with van der Waals surface area (Å²) in [5.74, 6) is -1.72. The maximum atomic E-state index is 13.8. The van der Waals surface area contributed by atoms with E-state index >= 15 is 0 Å². The minimum absolute atomic E-state index is 0.0825. The first-order chi connectivity index (χ1) is 16.4. The summed E-state index contributed by atoms with van der Waals surface area (Å²) in [6, 6.07) is 16.4. The number of hydrogen-bond acceptors (Lipinski definition) is 6. The Hall–Kier alpha value is -2.81. The summed E-state index contributed by atoms with van der Waals surface area (Å²) < 4.78 is 25.6. The van der Waals surface area contributed by atoms with Gasteiger partial charge in [0.1, 0.15) is 0 Å². The van der Waals surface area contributed by atoms with E-state index in [1.807, 2.05) is 19.2 Å². The molecular weight excluding hydrogens is 452 g/mol. The molecule has 7 nitrogen and oxygen atoms in total. The molecular formula is C26H26N2O5S. The van der Waals surface area contributed by atoms with Gasteiger partial charge < -0.3 is 0 Å². The number of hydrogen-bond donors (Lipinski definition) is 0. The van der Waals surface area contributed by atoms with Gasteiger partial charge in [0, 0.05) is 19.5 Å². The number of amides is 2. The van der Waals surface area contributed by atoms with Gasteiger partial charge in [-0.25, -0.2) is 8.42 Å². The van der Waals surface area contributed by atoms with Crippen LogP contribution in [0.3, 0.4) is 0 Å². The van der Waals surface area contributed by atoms with Gasteiger partial charge in [0.15, 0.2) is 15.9 Å². The maximum Gasteiger partial charge on any atom is 0.261 e. The van der Waals surface area contributed by atoms with Crippen LogP contribution in [0.4, 0.5) is 0 Å². The average molecular weight is 479 g/mol. The molecule has 2 bridgehead atoms. The predicted octanol–water partition coefficient (Wildman–Crippen LogP) is 2.35. The number of carbonyl (C=O) groups excluding carboxylic acids is 2. The van der Waals surface area contributed by atoms with E-state index in [9.17, 15) is 18.0 Å². The van der Waals surface area contributed by atoms with Gasteiger partial charge in [-0.3, -0.25) is 19.3 Å². The number of benzene rings is 2. The number of hydroxylamine groups is 2. The molecule has 2 amide bonds. The molecule has 2 aliphatic heterocycles. The Morgan fingerprint density at radius 3 is 2.56 bits per heavy atom. The highest BCUT2D eigenvalue weighted by atomic mass is 32.2. The van der Waals surface area contributed by atoms with Gasteiger partial charge in [-0.05, 0) is 42.0 Å². The molecule has 8 heteroatoms. The zero-order valence-electron chi connectivity index (χ0n) is 18.8. The standard InChI is InChI=1S/C26H26N2O5S/c1-27-26(18-9-7-13-21(26)20-12-6-5-8-17(20)16-18)22-23(33-27)25(30)28(24(22)29)14-15-34(31,32)19-10-3-2-4-11-19/h2-8,10-13,18,21-23H,9,14-16H2,1H3/t18-,21+,22+,23-,26?/m1/s1. The van der Waals surface area contributed by atoms with Crippen LogP contribution in [-0.2, 0) is 30.7 Å². The summed E-state index contributed by atoms with van der Waals surface area (Å²) in [5.41, 5.74) is 1.76. The number of likely N-dealkylation sites (N-methyl/N-ethyl adjacent to an activating group) is 1. The smallest absolute Gasteiger partial charge is 0.261 e. The first-order valence-corrected chi connectivity index (χ1v) is 13.3. The maximum absolute atomic E-state index is 13.8. The normalized spacial score (nSPS) is 32.3. The van der Waals surface area contributed by atoms with Crippen LogP contribution in [0.1, 0.15) is 23.5 Å². The van der Waals surface area contributed by atoms with Crippen molar-refractivity contribution < 1.29 is 22.8 Å². The lowest BCUT2D eigenvalue weighted by Gasteiger charge is -2.53. The minimum Gasteiger partial charge on any atom is -0.284 e. The van der Waals surface area contributed by atoms with Crippen molar-refractivity contribution in [1.29, 1.82) is 0 Å². The van der Waals surface area contributed by atoms with Crippen LogP contribution in [-0.4, -0.2) is 61.2 Å². The highest BCUT2D eigenvalue weighted by Crippen LogP contribution is 2.59. The summed E-state index contributed by atoms with van der Waals surface area (Å²) in [4.78, 5) is 34.5. The summed E-state index contributed by atoms with van der Waals surface area (Å²) in [5, 5.41) is 1.77. The van der Waals surface area contributed by atoms with Crippen molar-refractivity contribution in [3.8, 4) is 0 Å². The molecule has 2 saturated heterocycles. The van der Waals surface area contributed by atoms with Crippen molar-refractivity contribution in [3.05, 3.63) is 77.9 Å². The van der Waals surface area contributed by atoms with Crippen LogP contribution < -0.4 is 0 Å². The molecule has 1 unspecified atom stereocenters. The van der Waals surface area contributed by atoms with E-state index in [0.717, 1.165) is 23.3 Å². The lowest BCUT2D eigenvalue weighted by Crippen LogP contribution is -2.61. The number of sulfone groups is 1. The lowest BCUT2D eigenvalue weighted by atomic mass is 9.55. The van der Waals surface area contributed by atoms with E-state index in [2.05, 4.69) is 24.3 Å². The zero-order valence-corrected chi connectivity index (χ0v) is 19.6. The van der Waals surface area contributed by atoms with E-state index in [-0.39, 0.29) is 34.9 Å². The molecule has 176 valence electrons. The van der Waals surface area contributed by atoms with Crippen molar-refractivity contribution in [2.45, 2.75) is 35.3 Å². The van der Waals surface area contributed by atoms with Crippen LogP contribution in [0.5, 0.6) is 0 Å². The van der Waals surface area contributed by atoms with Crippen molar-refractivity contribution >= 4 is 21.7 Å². The number of allylic oxidation sites excluding steroid dienone is 1. The van der Waals surface area contributed by atoms with E-state index in [1.54, 1.807) is 23.3 Å². The Bertz CT molecular complexity index is 1310. The quantitative estimate of drug-likeness (QED) is 0.496. The second-order valence-electron chi connectivity index (χ2n) is 9.59. The summed E-state index contributed by atoms with van der Waals surface area (Å²) in [7, 11) is -1.80. The van der Waals surface area contributed by atoms with Gasteiger partial charge in [0.2, 0.25) is 5.91 Å². The zero-order chi connectivity index (χ0) is 23.7. The second-order valence-corrected chi connectivity index (χ2v) is 11.7. The molecule has 0 aromatic heterocycles. The predicted molar refractivity (Wildman–Crippen MR) is 124 cm³/mol. The Morgan fingerprint density at radius 2 is 1.76 bits per heavy atom. The lowest BCUT2D eigenvalue weighted by molar-refractivity contribution is -0.197. The van der Waals surface area contributed by atoms with Gasteiger partial charge >= 0.3 is 0 Å². The van der Waals surface area contributed by atoms with E-state index in [1.165, 1.54) is 17.7 Å². The number of rotatable bonds is 4. The van der Waals surface area contributed by atoms with Gasteiger partial charge in [-0.1, -0.05) is 54.6 Å². The molecule has 2 aromatic carbocycles. The molecule has 2 fully saturated rings. The molecule has 0 saturated carbocycles. The average Bonchev–Trinajstić information content (AvgIpc) is 3.25.